The van der Waals surface area contributed by atoms with Crippen LogP contribution in [0.1, 0.15) is 23.3 Å². The van der Waals surface area contributed by atoms with E-state index in [0.717, 1.165) is 24.9 Å². The Kier molecular flexibility index (Phi) is 3.82. The number of hydrogen-bond donors (Lipinski definition) is 1. The Labute approximate surface area is 139 Å². The van der Waals surface area contributed by atoms with Crippen LogP contribution in [0, 0.1) is 0 Å². The third-order valence-electron chi connectivity index (χ3n) is 4.25. The minimum Gasteiger partial charge on any atom is -0.346 e. The van der Waals surface area contributed by atoms with Gasteiger partial charge in [0.05, 0.1) is 11.7 Å². The highest BCUT2D eigenvalue weighted by Gasteiger charge is 2.24. The van der Waals surface area contributed by atoms with E-state index in [9.17, 15) is 4.79 Å². The zero-order valence-electron chi connectivity index (χ0n) is 13.2. The summed E-state index contributed by atoms with van der Waals surface area (Å²) in [5.41, 5.74) is 1.45. The number of carbonyl (C=O) groups excluding carboxylic acids is 1. The second-order valence-electron chi connectivity index (χ2n) is 5.89. The Bertz CT molecular complexity index is 846. The van der Waals surface area contributed by atoms with Gasteiger partial charge in [-0.25, -0.2) is 14.5 Å². The summed E-state index contributed by atoms with van der Waals surface area (Å²) >= 11 is 0. The molecule has 1 aliphatic heterocycles. The maximum atomic E-state index is 12.6. The van der Waals surface area contributed by atoms with E-state index >= 15 is 0 Å². The highest BCUT2D eigenvalue weighted by molar-refractivity contribution is 5.93. The summed E-state index contributed by atoms with van der Waals surface area (Å²) in [5, 5.41) is 7.34. The van der Waals surface area contributed by atoms with Gasteiger partial charge in [-0.15, -0.1) is 0 Å². The van der Waals surface area contributed by atoms with Gasteiger partial charge >= 0.3 is 0 Å². The minimum absolute atomic E-state index is 0.0703. The zero-order chi connectivity index (χ0) is 16.4. The number of aromatic nitrogens is 4. The Morgan fingerprint density at radius 1 is 1.12 bits per heavy atom. The van der Waals surface area contributed by atoms with Crippen LogP contribution in [0.25, 0.3) is 5.52 Å². The summed E-state index contributed by atoms with van der Waals surface area (Å²) in [4.78, 5) is 23.4. The van der Waals surface area contributed by atoms with Gasteiger partial charge in [-0.2, -0.15) is 5.10 Å². The van der Waals surface area contributed by atoms with E-state index in [4.69, 9.17) is 0 Å². The van der Waals surface area contributed by atoms with Crippen molar-refractivity contribution in [3.8, 4) is 0 Å². The van der Waals surface area contributed by atoms with E-state index in [0.29, 0.717) is 18.2 Å². The predicted octanol–water partition coefficient (Wildman–Crippen LogP) is 1.52. The lowest BCUT2D eigenvalue weighted by Crippen LogP contribution is -2.48. The molecule has 1 saturated heterocycles. The number of carbonyl (C=O) groups is 1. The molecule has 3 aromatic heterocycles. The van der Waals surface area contributed by atoms with Gasteiger partial charge < -0.3 is 10.2 Å². The molecule has 0 spiro atoms. The highest BCUT2D eigenvalue weighted by atomic mass is 16.2. The van der Waals surface area contributed by atoms with Crippen LogP contribution in [0.4, 0.5) is 5.95 Å². The minimum atomic E-state index is -0.106. The molecule has 3 aromatic rings. The van der Waals surface area contributed by atoms with E-state index < -0.39 is 0 Å². The second kappa shape index (κ2) is 6.27. The van der Waals surface area contributed by atoms with Gasteiger partial charge in [-0.3, -0.25) is 4.79 Å². The van der Waals surface area contributed by atoms with E-state index in [-0.39, 0.29) is 11.9 Å². The SMILES string of the molecule is O=C(NC1CCCN(c2ncccn2)C1)c1cccc2ccnn12. The topological polar surface area (TPSA) is 75.4 Å². The fourth-order valence-corrected chi connectivity index (χ4v) is 3.11. The van der Waals surface area contributed by atoms with Gasteiger partial charge in [0, 0.05) is 31.5 Å². The number of pyridine rings is 1. The maximum absolute atomic E-state index is 12.6. The molecule has 1 unspecified atom stereocenters. The molecule has 122 valence electrons. The van der Waals surface area contributed by atoms with Gasteiger partial charge in [0.15, 0.2) is 0 Å². The molecule has 1 amide bonds. The maximum Gasteiger partial charge on any atom is 0.270 e. The molecule has 1 N–H and O–H groups in total. The Morgan fingerprint density at radius 2 is 2.00 bits per heavy atom. The number of rotatable bonds is 3. The average molecular weight is 322 g/mol. The zero-order valence-corrected chi connectivity index (χ0v) is 13.2. The first-order valence-corrected chi connectivity index (χ1v) is 8.07. The van der Waals surface area contributed by atoms with Gasteiger partial charge in [0.25, 0.3) is 5.91 Å². The van der Waals surface area contributed by atoms with E-state index in [1.807, 2.05) is 18.2 Å². The molecular weight excluding hydrogens is 304 g/mol. The van der Waals surface area contributed by atoms with Crippen LogP contribution in [0.15, 0.2) is 48.9 Å². The molecule has 0 aliphatic carbocycles. The number of hydrogen-bond acceptors (Lipinski definition) is 5. The van der Waals surface area contributed by atoms with Crippen molar-refractivity contribution in [2.45, 2.75) is 18.9 Å². The van der Waals surface area contributed by atoms with E-state index in [1.165, 1.54) is 0 Å². The molecule has 1 atom stereocenters. The molecule has 1 aliphatic rings. The molecule has 4 rings (SSSR count). The van der Waals surface area contributed by atoms with Crippen LogP contribution < -0.4 is 10.2 Å². The Morgan fingerprint density at radius 3 is 2.88 bits per heavy atom. The fraction of sp³-hybridized carbons (Fsp3) is 0.294. The van der Waals surface area contributed by atoms with E-state index in [1.54, 1.807) is 35.2 Å². The van der Waals surface area contributed by atoms with Crippen LogP contribution in [0.2, 0.25) is 0 Å². The molecule has 0 aromatic carbocycles. The third-order valence-corrected chi connectivity index (χ3v) is 4.25. The molecule has 24 heavy (non-hydrogen) atoms. The van der Waals surface area contributed by atoms with E-state index in [2.05, 4.69) is 25.3 Å². The van der Waals surface area contributed by atoms with Crippen LogP contribution >= 0.6 is 0 Å². The number of fused-ring (bicyclic) bond motifs is 1. The molecule has 7 nitrogen and oxygen atoms in total. The Balaban J connectivity index is 1.48. The first-order chi connectivity index (χ1) is 11.8. The average Bonchev–Trinajstić information content (AvgIpc) is 3.11. The summed E-state index contributed by atoms with van der Waals surface area (Å²) in [7, 11) is 0. The predicted molar refractivity (Wildman–Crippen MR) is 89.9 cm³/mol. The van der Waals surface area contributed by atoms with Crippen LogP contribution in [-0.4, -0.2) is 44.6 Å². The highest BCUT2D eigenvalue weighted by Crippen LogP contribution is 2.16. The fourth-order valence-electron chi connectivity index (χ4n) is 3.11. The van der Waals surface area contributed by atoms with Crippen LogP contribution in [0.3, 0.4) is 0 Å². The van der Waals surface area contributed by atoms with Crippen molar-refractivity contribution < 1.29 is 4.79 Å². The van der Waals surface area contributed by atoms with Crippen molar-refractivity contribution in [2.24, 2.45) is 0 Å². The normalized spacial score (nSPS) is 17.8. The third kappa shape index (κ3) is 2.80. The standard InChI is InChI=1S/C17H18N6O/c24-16(15-6-1-5-14-7-10-20-23(14)15)21-13-4-2-11-22(12-13)17-18-8-3-9-19-17/h1,3,5-10,13H,2,4,11-12H2,(H,21,24). The van der Waals surface area contributed by atoms with Crippen molar-refractivity contribution in [3.05, 3.63) is 54.6 Å². The second-order valence-corrected chi connectivity index (χ2v) is 5.89. The molecular formula is C17H18N6O. The number of amides is 1. The first kappa shape index (κ1) is 14.6. The number of nitrogens with zero attached hydrogens (tertiary/aromatic N) is 5. The summed E-state index contributed by atoms with van der Waals surface area (Å²) in [6, 6.07) is 9.34. The molecule has 1 fully saturated rings. The molecule has 7 heteroatoms. The quantitative estimate of drug-likeness (QED) is 0.791. The Hall–Kier alpha value is -2.96. The number of nitrogens with one attached hydrogen (secondary N) is 1. The lowest BCUT2D eigenvalue weighted by molar-refractivity contribution is 0.0925. The van der Waals surface area contributed by atoms with Crippen LogP contribution in [0.5, 0.6) is 0 Å². The van der Waals surface area contributed by atoms with Crippen LogP contribution in [-0.2, 0) is 0 Å². The first-order valence-electron chi connectivity index (χ1n) is 8.07. The summed E-state index contributed by atoms with van der Waals surface area (Å²) in [6.45, 7) is 1.62. The lowest BCUT2D eigenvalue weighted by atomic mass is 10.1. The molecule has 0 saturated carbocycles. The van der Waals surface area contributed by atoms with Crippen molar-refractivity contribution in [3.63, 3.8) is 0 Å². The van der Waals surface area contributed by atoms with Crippen molar-refractivity contribution in [1.82, 2.24) is 24.9 Å². The van der Waals surface area contributed by atoms with Crippen molar-refractivity contribution in [1.29, 1.82) is 0 Å². The molecule has 0 radical (unpaired) electrons. The van der Waals surface area contributed by atoms with Crippen molar-refractivity contribution >= 4 is 17.4 Å². The van der Waals surface area contributed by atoms with Gasteiger partial charge in [-0.05, 0) is 37.1 Å². The monoisotopic (exact) mass is 322 g/mol. The number of anilines is 1. The summed E-state index contributed by atoms with van der Waals surface area (Å²) in [6.07, 6.45) is 7.12. The van der Waals surface area contributed by atoms with Gasteiger partial charge in [0.1, 0.15) is 5.69 Å². The summed E-state index contributed by atoms with van der Waals surface area (Å²) in [5.74, 6) is 0.607. The van der Waals surface area contributed by atoms with Gasteiger partial charge in [-0.1, -0.05) is 6.07 Å². The van der Waals surface area contributed by atoms with Gasteiger partial charge in [0.2, 0.25) is 5.95 Å². The van der Waals surface area contributed by atoms with Crippen molar-refractivity contribution in [2.75, 3.05) is 18.0 Å². The molecule has 0 bridgehead atoms. The lowest BCUT2D eigenvalue weighted by Gasteiger charge is -2.33. The largest absolute Gasteiger partial charge is 0.346 e. The summed E-state index contributed by atoms with van der Waals surface area (Å²) < 4.78 is 1.66. The smallest absolute Gasteiger partial charge is 0.270 e. The number of piperidine rings is 1. The molecule has 4 heterocycles.